The molecule has 2 N–H and O–H groups in total. The topological polar surface area (TPSA) is 40.5 Å². The van der Waals surface area contributed by atoms with Crippen LogP contribution < -0.4 is 0 Å². The largest absolute Gasteiger partial charge is 0.392 e. The molecule has 0 bridgehead atoms. The molecule has 2 saturated carbocycles. The third-order valence-electron chi connectivity index (χ3n) is 7.80. The van der Waals surface area contributed by atoms with Crippen LogP contribution in [0.15, 0.2) is 35.5 Å². The Kier molecular flexibility index (Phi) is 3.14. The minimum absolute atomic E-state index is 0.0524. The lowest BCUT2D eigenvalue weighted by molar-refractivity contribution is -0.00826. The number of fused-ring (bicyclic) bond motifs is 5. The lowest BCUT2D eigenvalue weighted by Gasteiger charge is -2.42. The standard InChI is InChI=1S/C21H30O2/c1-11-6-16-18-12(2)7-17-19(20(17,4)5)15(18)8-14(10-22)9-21(16,23)13(11)3/h6,8,12,15-19,22-23H,3,7,9-10H2,1-2,4-5H3. The molecule has 0 aromatic rings. The number of rotatable bonds is 1. The zero-order valence-corrected chi connectivity index (χ0v) is 14.8. The Morgan fingerprint density at radius 2 is 2.00 bits per heavy atom. The van der Waals surface area contributed by atoms with Crippen LogP contribution in [0, 0.1) is 40.9 Å². The zero-order chi connectivity index (χ0) is 16.7. The molecule has 2 nitrogen and oxygen atoms in total. The van der Waals surface area contributed by atoms with E-state index in [1.165, 1.54) is 6.42 Å². The first-order valence-electron chi connectivity index (χ1n) is 9.12. The molecule has 2 fully saturated rings. The van der Waals surface area contributed by atoms with Crippen molar-refractivity contribution in [2.24, 2.45) is 40.9 Å². The predicted octanol–water partition coefficient (Wildman–Crippen LogP) is 3.72. The second-order valence-electron chi connectivity index (χ2n) is 9.26. The molecule has 0 aliphatic heterocycles. The first kappa shape index (κ1) is 15.7. The van der Waals surface area contributed by atoms with Crippen molar-refractivity contribution in [1.82, 2.24) is 0 Å². The Labute approximate surface area is 140 Å². The van der Waals surface area contributed by atoms with E-state index in [2.05, 4.69) is 46.4 Å². The summed E-state index contributed by atoms with van der Waals surface area (Å²) >= 11 is 0. The number of allylic oxidation sites excluding steroid dienone is 1. The SMILES string of the molecule is C=C1C(C)=CC2C3C(C)CC4C(C3C=C(CO)CC12O)C4(C)C. The van der Waals surface area contributed by atoms with Crippen molar-refractivity contribution in [1.29, 1.82) is 0 Å². The fraction of sp³-hybridized carbons (Fsp3) is 0.714. The summed E-state index contributed by atoms with van der Waals surface area (Å²) in [7, 11) is 0. The minimum Gasteiger partial charge on any atom is -0.392 e. The van der Waals surface area contributed by atoms with Crippen LogP contribution in [-0.4, -0.2) is 22.4 Å². The summed E-state index contributed by atoms with van der Waals surface area (Å²) in [6.45, 7) is 13.5. The van der Waals surface area contributed by atoms with Crippen molar-refractivity contribution < 1.29 is 10.2 Å². The van der Waals surface area contributed by atoms with Gasteiger partial charge in [0.25, 0.3) is 0 Å². The van der Waals surface area contributed by atoms with Crippen LogP contribution in [-0.2, 0) is 0 Å². The average Bonchev–Trinajstić information content (AvgIpc) is 3.00. The summed E-state index contributed by atoms with van der Waals surface area (Å²) < 4.78 is 0. The molecule has 0 radical (unpaired) electrons. The Morgan fingerprint density at radius 3 is 2.65 bits per heavy atom. The molecule has 0 aromatic carbocycles. The van der Waals surface area contributed by atoms with E-state index in [4.69, 9.17) is 0 Å². The summed E-state index contributed by atoms with van der Waals surface area (Å²) in [6.07, 6.45) is 6.42. The van der Waals surface area contributed by atoms with Gasteiger partial charge in [0.05, 0.1) is 12.2 Å². The lowest BCUT2D eigenvalue weighted by atomic mass is 9.64. The highest BCUT2D eigenvalue weighted by Gasteiger charge is 2.67. The molecule has 7 unspecified atom stereocenters. The van der Waals surface area contributed by atoms with Gasteiger partial charge in [0.2, 0.25) is 0 Å². The van der Waals surface area contributed by atoms with Crippen LogP contribution >= 0.6 is 0 Å². The average molecular weight is 314 g/mol. The number of hydrogen-bond acceptors (Lipinski definition) is 2. The maximum absolute atomic E-state index is 11.5. The van der Waals surface area contributed by atoms with Gasteiger partial charge in [-0.05, 0) is 65.1 Å². The number of aliphatic hydroxyl groups is 2. The third kappa shape index (κ3) is 1.88. The van der Waals surface area contributed by atoms with Crippen molar-refractivity contribution in [2.45, 2.75) is 46.1 Å². The van der Waals surface area contributed by atoms with E-state index in [1.54, 1.807) is 0 Å². The van der Waals surface area contributed by atoms with E-state index in [1.807, 2.05) is 0 Å². The van der Waals surface area contributed by atoms with Crippen molar-refractivity contribution >= 4 is 0 Å². The molecule has 2 heteroatoms. The Bertz CT molecular complexity index is 626. The summed E-state index contributed by atoms with van der Waals surface area (Å²) in [6, 6.07) is 0. The smallest absolute Gasteiger partial charge is 0.0996 e. The molecule has 0 aromatic heterocycles. The van der Waals surface area contributed by atoms with Gasteiger partial charge in [-0.25, -0.2) is 0 Å². The van der Waals surface area contributed by atoms with Gasteiger partial charge in [0.15, 0.2) is 0 Å². The zero-order valence-electron chi connectivity index (χ0n) is 14.8. The molecule has 7 atom stereocenters. The molecule has 4 rings (SSSR count). The van der Waals surface area contributed by atoms with E-state index in [0.29, 0.717) is 35.5 Å². The van der Waals surface area contributed by atoms with Crippen molar-refractivity contribution in [2.75, 3.05) is 6.61 Å². The van der Waals surface area contributed by atoms with Gasteiger partial charge in [-0.1, -0.05) is 39.5 Å². The molecule has 0 saturated heterocycles. The van der Waals surface area contributed by atoms with Crippen LogP contribution in [0.2, 0.25) is 0 Å². The highest BCUT2D eigenvalue weighted by atomic mass is 16.3. The first-order chi connectivity index (χ1) is 10.7. The number of aliphatic hydroxyl groups excluding tert-OH is 1. The van der Waals surface area contributed by atoms with Gasteiger partial charge in [0, 0.05) is 12.3 Å². The van der Waals surface area contributed by atoms with Gasteiger partial charge in [-0.3, -0.25) is 0 Å². The maximum Gasteiger partial charge on any atom is 0.0996 e. The van der Waals surface area contributed by atoms with Crippen molar-refractivity contribution in [3.63, 3.8) is 0 Å². The van der Waals surface area contributed by atoms with E-state index >= 15 is 0 Å². The highest BCUT2D eigenvalue weighted by Crippen LogP contribution is 2.72. The van der Waals surface area contributed by atoms with E-state index in [0.717, 1.165) is 22.6 Å². The van der Waals surface area contributed by atoms with Gasteiger partial charge in [-0.2, -0.15) is 0 Å². The maximum atomic E-state index is 11.5. The van der Waals surface area contributed by atoms with Gasteiger partial charge >= 0.3 is 0 Å². The third-order valence-corrected chi connectivity index (χ3v) is 7.80. The van der Waals surface area contributed by atoms with Crippen LogP contribution in [0.5, 0.6) is 0 Å². The molecular formula is C21H30O2. The van der Waals surface area contributed by atoms with E-state index < -0.39 is 5.60 Å². The first-order valence-corrected chi connectivity index (χ1v) is 9.12. The van der Waals surface area contributed by atoms with Crippen molar-refractivity contribution in [3.8, 4) is 0 Å². The fourth-order valence-corrected chi connectivity index (χ4v) is 6.48. The van der Waals surface area contributed by atoms with Crippen LogP contribution in [0.1, 0.15) is 40.5 Å². The van der Waals surface area contributed by atoms with Crippen LogP contribution in [0.4, 0.5) is 0 Å². The normalized spacial score (nSPS) is 50.3. The second-order valence-corrected chi connectivity index (χ2v) is 9.26. The quantitative estimate of drug-likeness (QED) is 0.724. The highest BCUT2D eigenvalue weighted by molar-refractivity contribution is 5.46. The van der Waals surface area contributed by atoms with Gasteiger partial charge in [-0.15, -0.1) is 0 Å². The molecule has 0 amide bonds. The predicted molar refractivity (Wildman–Crippen MR) is 92.6 cm³/mol. The molecule has 4 aliphatic rings. The molecule has 0 spiro atoms. The molecule has 23 heavy (non-hydrogen) atoms. The van der Waals surface area contributed by atoms with Gasteiger partial charge in [0.1, 0.15) is 0 Å². The molecule has 126 valence electrons. The summed E-state index contributed by atoms with van der Waals surface area (Å²) in [5.41, 5.74) is 2.52. The van der Waals surface area contributed by atoms with E-state index in [9.17, 15) is 10.2 Å². The number of hydrogen-bond donors (Lipinski definition) is 2. The Hall–Kier alpha value is -0.860. The van der Waals surface area contributed by atoms with Crippen molar-refractivity contribution in [3.05, 3.63) is 35.5 Å². The second kappa shape index (κ2) is 4.61. The molecule has 0 heterocycles. The minimum atomic E-state index is -0.891. The van der Waals surface area contributed by atoms with Gasteiger partial charge < -0.3 is 10.2 Å². The monoisotopic (exact) mass is 314 g/mol. The Balaban J connectivity index is 1.83. The summed E-state index contributed by atoms with van der Waals surface area (Å²) in [5.74, 6) is 3.19. The lowest BCUT2D eigenvalue weighted by Crippen LogP contribution is -2.44. The summed E-state index contributed by atoms with van der Waals surface area (Å²) in [5, 5.41) is 21.4. The molecular weight excluding hydrogens is 284 g/mol. The Morgan fingerprint density at radius 1 is 1.30 bits per heavy atom. The van der Waals surface area contributed by atoms with Crippen LogP contribution in [0.25, 0.3) is 0 Å². The summed E-state index contributed by atoms with van der Waals surface area (Å²) in [4.78, 5) is 0. The van der Waals surface area contributed by atoms with Crippen LogP contribution in [0.3, 0.4) is 0 Å². The molecule has 4 aliphatic carbocycles. The van der Waals surface area contributed by atoms with E-state index in [-0.39, 0.29) is 12.5 Å². The fourth-order valence-electron chi connectivity index (χ4n) is 6.48.